The zero-order valence-corrected chi connectivity index (χ0v) is 13.6. The van der Waals surface area contributed by atoms with Gasteiger partial charge in [0.1, 0.15) is 5.69 Å². The number of nitrogens with zero attached hydrogens (tertiary/aromatic N) is 1. The van der Waals surface area contributed by atoms with Crippen LogP contribution in [0, 0.1) is 0 Å². The van der Waals surface area contributed by atoms with E-state index in [1.807, 2.05) is 12.1 Å². The van der Waals surface area contributed by atoms with Crippen LogP contribution in [0.3, 0.4) is 0 Å². The highest BCUT2D eigenvalue weighted by molar-refractivity contribution is 5.93. The van der Waals surface area contributed by atoms with E-state index in [1.54, 1.807) is 30.3 Å². The summed E-state index contributed by atoms with van der Waals surface area (Å²) < 4.78 is 20.6. The molecule has 0 saturated carbocycles. The van der Waals surface area contributed by atoms with Crippen molar-refractivity contribution in [2.75, 3.05) is 18.7 Å². The minimum Gasteiger partial charge on any atom is -0.455 e. The van der Waals surface area contributed by atoms with Gasteiger partial charge in [0.2, 0.25) is 6.79 Å². The Morgan fingerprint density at radius 1 is 1.12 bits per heavy atom. The zero-order valence-electron chi connectivity index (χ0n) is 13.6. The lowest BCUT2D eigenvalue weighted by Crippen LogP contribution is -2.21. The van der Waals surface area contributed by atoms with Crippen molar-refractivity contribution < 1.29 is 28.3 Å². The first-order valence-corrected chi connectivity index (χ1v) is 7.87. The number of rotatable bonds is 5. The highest BCUT2D eigenvalue weighted by Gasteiger charge is 2.16. The van der Waals surface area contributed by atoms with Crippen LogP contribution in [0.4, 0.5) is 5.69 Å². The Bertz CT molecular complexity index is 981. The number of fused-ring (bicyclic) bond motifs is 2. The second kappa shape index (κ2) is 6.75. The summed E-state index contributed by atoms with van der Waals surface area (Å²) in [6.45, 7) is -0.246. The molecule has 0 spiro atoms. The van der Waals surface area contributed by atoms with E-state index >= 15 is 0 Å². The van der Waals surface area contributed by atoms with E-state index in [1.165, 1.54) is 0 Å². The molecule has 0 unspecified atom stereocenters. The van der Waals surface area contributed by atoms with E-state index in [-0.39, 0.29) is 13.2 Å². The van der Waals surface area contributed by atoms with Crippen molar-refractivity contribution in [3.05, 3.63) is 48.2 Å². The summed E-state index contributed by atoms with van der Waals surface area (Å²) >= 11 is 0. The van der Waals surface area contributed by atoms with Crippen LogP contribution in [0.25, 0.3) is 11.0 Å². The molecule has 2 aromatic carbocycles. The molecule has 1 amide bonds. The molecule has 4 rings (SSSR count). The molecule has 132 valence electrons. The molecule has 0 saturated heterocycles. The van der Waals surface area contributed by atoms with Crippen LogP contribution >= 0.6 is 0 Å². The number of carbonyl (C=O) groups excluding carboxylic acids is 2. The van der Waals surface area contributed by atoms with Crippen LogP contribution in [0.5, 0.6) is 11.5 Å². The normalized spacial score (nSPS) is 12.2. The van der Waals surface area contributed by atoms with Gasteiger partial charge in [-0.15, -0.1) is 0 Å². The van der Waals surface area contributed by atoms with Gasteiger partial charge in [-0.1, -0.05) is 17.3 Å². The zero-order chi connectivity index (χ0) is 17.9. The fraction of sp³-hybridized carbons (Fsp3) is 0.167. The highest BCUT2D eigenvalue weighted by atomic mass is 16.7. The van der Waals surface area contributed by atoms with E-state index in [2.05, 4.69) is 10.5 Å². The van der Waals surface area contributed by atoms with Crippen LogP contribution < -0.4 is 14.8 Å². The van der Waals surface area contributed by atoms with E-state index < -0.39 is 18.5 Å². The van der Waals surface area contributed by atoms with E-state index in [4.69, 9.17) is 18.7 Å². The molecular formula is C18H14N2O6. The second-order valence-corrected chi connectivity index (χ2v) is 5.58. The number of para-hydroxylation sites is 1. The molecule has 26 heavy (non-hydrogen) atoms. The van der Waals surface area contributed by atoms with Crippen molar-refractivity contribution in [1.29, 1.82) is 0 Å². The maximum atomic E-state index is 11.9. The molecule has 0 atom stereocenters. The Kier molecular flexibility index (Phi) is 4.14. The monoisotopic (exact) mass is 354 g/mol. The van der Waals surface area contributed by atoms with Crippen LogP contribution in [-0.4, -0.2) is 30.4 Å². The predicted molar refractivity (Wildman–Crippen MR) is 89.9 cm³/mol. The van der Waals surface area contributed by atoms with Gasteiger partial charge in [-0.3, -0.25) is 9.59 Å². The Morgan fingerprint density at radius 3 is 2.88 bits per heavy atom. The molecule has 1 N–H and O–H groups in total. The Morgan fingerprint density at radius 2 is 1.96 bits per heavy atom. The third-order valence-electron chi connectivity index (χ3n) is 3.78. The molecule has 8 heteroatoms. The summed E-state index contributed by atoms with van der Waals surface area (Å²) in [4.78, 5) is 23.9. The molecule has 1 aliphatic heterocycles. The summed E-state index contributed by atoms with van der Waals surface area (Å²) in [5.74, 6) is 0.152. The lowest BCUT2D eigenvalue weighted by atomic mass is 10.2. The molecular weight excluding hydrogens is 340 g/mol. The summed E-state index contributed by atoms with van der Waals surface area (Å²) in [5, 5.41) is 7.24. The van der Waals surface area contributed by atoms with Crippen molar-refractivity contribution in [2.24, 2.45) is 0 Å². The van der Waals surface area contributed by atoms with Crippen molar-refractivity contribution in [2.45, 2.75) is 6.42 Å². The quantitative estimate of drug-likeness (QED) is 0.702. The Balaban J connectivity index is 1.30. The number of amides is 1. The van der Waals surface area contributed by atoms with E-state index in [9.17, 15) is 9.59 Å². The number of ether oxygens (including phenoxy) is 3. The van der Waals surface area contributed by atoms with Gasteiger partial charge < -0.3 is 24.1 Å². The van der Waals surface area contributed by atoms with Crippen LogP contribution in [-0.2, 0) is 20.7 Å². The minimum atomic E-state index is -0.565. The van der Waals surface area contributed by atoms with Gasteiger partial charge in [0.25, 0.3) is 5.91 Å². The van der Waals surface area contributed by atoms with Gasteiger partial charge in [0, 0.05) is 17.1 Å². The minimum absolute atomic E-state index is 0.0751. The van der Waals surface area contributed by atoms with Gasteiger partial charge in [-0.2, -0.15) is 0 Å². The predicted octanol–water partition coefficient (Wildman–Crippen LogP) is 2.28. The molecule has 0 radical (unpaired) electrons. The number of hydrogen-bond acceptors (Lipinski definition) is 7. The fourth-order valence-corrected chi connectivity index (χ4v) is 2.57. The topological polar surface area (TPSA) is 99.9 Å². The van der Waals surface area contributed by atoms with Crippen molar-refractivity contribution in [3.8, 4) is 11.5 Å². The summed E-state index contributed by atoms with van der Waals surface area (Å²) in [7, 11) is 0. The molecule has 1 aliphatic rings. The fourth-order valence-electron chi connectivity index (χ4n) is 2.57. The maximum absolute atomic E-state index is 11.9. The maximum Gasteiger partial charge on any atom is 0.312 e. The van der Waals surface area contributed by atoms with E-state index in [0.717, 1.165) is 5.39 Å². The third kappa shape index (κ3) is 3.30. The van der Waals surface area contributed by atoms with Gasteiger partial charge in [-0.25, -0.2) is 0 Å². The standard InChI is InChI=1S/C18H14N2O6/c21-17(19-11-5-6-15-16(7-11)25-10-24-15)9-23-18(22)8-13-12-3-1-2-4-14(12)26-20-13/h1-7H,8-10H2,(H,19,21). The summed E-state index contributed by atoms with van der Waals surface area (Å²) in [6, 6.07) is 12.2. The number of aromatic nitrogens is 1. The molecule has 2 heterocycles. The van der Waals surface area contributed by atoms with Crippen molar-refractivity contribution in [1.82, 2.24) is 5.16 Å². The van der Waals surface area contributed by atoms with Crippen molar-refractivity contribution >= 4 is 28.5 Å². The lowest BCUT2D eigenvalue weighted by molar-refractivity contribution is -0.146. The van der Waals surface area contributed by atoms with Crippen LogP contribution in [0.15, 0.2) is 47.0 Å². The Labute approximate surface area is 147 Å². The van der Waals surface area contributed by atoms with Crippen LogP contribution in [0.1, 0.15) is 5.69 Å². The number of hydrogen-bond donors (Lipinski definition) is 1. The average Bonchev–Trinajstić information content (AvgIpc) is 3.27. The SMILES string of the molecule is O=C(COC(=O)Cc1noc2ccccc12)Nc1ccc2c(c1)OCO2. The lowest BCUT2D eigenvalue weighted by Gasteiger charge is -2.07. The van der Waals surface area contributed by atoms with E-state index in [0.29, 0.717) is 28.5 Å². The van der Waals surface area contributed by atoms with Crippen molar-refractivity contribution in [3.63, 3.8) is 0 Å². The highest BCUT2D eigenvalue weighted by Crippen LogP contribution is 2.34. The molecule has 8 nitrogen and oxygen atoms in total. The smallest absolute Gasteiger partial charge is 0.312 e. The average molecular weight is 354 g/mol. The first-order valence-electron chi connectivity index (χ1n) is 7.87. The summed E-state index contributed by atoms with van der Waals surface area (Å²) in [5.41, 5.74) is 1.59. The molecule has 3 aromatic rings. The van der Waals surface area contributed by atoms with Gasteiger partial charge in [0.15, 0.2) is 23.7 Å². The van der Waals surface area contributed by atoms with Gasteiger partial charge >= 0.3 is 5.97 Å². The first-order chi connectivity index (χ1) is 12.7. The molecule has 0 fully saturated rings. The van der Waals surface area contributed by atoms with Gasteiger partial charge in [0.05, 0.1) is 6.42 Å². The molecule has 0 bridgehead atoms. The van der Waals surface area contributed by atoms with Crippen LogP contribution in [0.2, 0.25) is 0 Å². The Hall–Kier alpha value is -3.55. The first kappa shape index (κ1) is 15.9. The van der Waals surface area contributed by atoms with Gasteiger partial charge in [-0.05, 0) is 24.3 Å². The molecule has 0 aliphatic carbocycles. The third-order valence-corrected chi connectivity index (χ3v) is 3.78. The number of esters is 1. The number of carbonyl (C=O) groups is 2. The number of benzene rings is 2. The number of nitrogens with one attached hydrogen (secondary N) is 1. The molecule has 1 aromatic heterocycles. The summed E-state index contributed by atoms with van der Waals surface area (Å²) in [6.07, 6.45) is -0.0751. The largest absolute Gasteiger partial charge is 0.455 e. The number of anilines is 1. The second-order valence-electron chi connectivity index (χ2n) is 5.58.